The van der Waals surface area contributed by atoms with Crippen molar-refractivity contribution in [2.75, 3.05) is 0 Å². The highest BCUT2D eigenvalue weighted by Crippen LogP contribution is 2.35. The summed E-state index contributed by atoms with van der Waals surface area (Å²) in [5.74, 6) is 0.529. The van der Waals surface area contributed by atoms with Crippen LogP contribution in [0.25, 0.3) is 33.3 Å². The van der Waals surface area contributed by atoms with Gasteiger partial charge in [-0.05, 0) is 52.6 Å². The molecule has 5 aromatic rings. The number of nitrogens with one attached hydrogen (secondary N) is 1. The van der Waals surface area contributed by atoms with E-state index in [1.807, 2.05) is 78.9 Å². The molecule has 0 radical (unpaired) electrons. The molecule has 0 saturated heterocycles. The predicted molar refractivity (Wildman–Crippen MR) is 127 cm³/mol. The fourth-order valence-corrected chi connectivity index (χ4v) is 3.96. The zero-order valence-corrected chi connectivity index (χ0v) is 17.3. The van der Waals surface area contributed by atoms with E-state index in [0.717, 1.165) is 44.6 Å². The maximum atomic E-state index is 11.7. The molecule has 0 aliphatic heterocycles. The number of para-hydroxylation sites is 1. The van der Waals surface area contributed by atoms with E-state index in [4.69, 9.17) is 4.74 Å². The number of carboxylic acids is 1. The van der Waals surface area contributed by atoms with Gasteiger partial charge >= 0.3 is 5.97 Å². The number of carboxylic acid groups (broad SMARTS) is 1. The number of aromatic nitrogens is 1. The second kappa shape index (κ2) is 8.44. The van der Waals surface area contributed by atoms with Crippen LogP contribution in [-0.2, 0) is 11.2 Å². The predicted octanol–water partition coefficient (Wildman–Crippen LogP) is 6.92. The molecule has 5 rings (SSSR count). The zero-order valence-electron chi connectivity index (χ0n) is 17.3. The Kier molecular flexibility index (Phi) is 5.18. The van der Waals surface area contributed by atoms with Crippen LogP contribution in [0.1, 0.15) is 5.56 Å². The van der Waals surface area contributed by atoms with E-state index in [1.54, 1.807) is 0 Å². The molecular formula is C28H21NO3. The lowest BCUT2D eigenvalue weighted by atomic mass is 9.99. The average Bonchev–Trinajstić information content (AvgIpc) is 3.17. The van der Waals surface area contributed by atoms with E-state index in [2.05, 4.69) is 29.2 Å². The maximum Gasteiger partial charge on any atom is 0.307 e. The molecular weight excluding hydrogens is 398 g/mol. The van der Waals surface area contributed by atoms with Crippen molar-refractivity contribution in [3.8, 4) is 33.9 Å². The van der Waals surface area contributed by atoms with Gasteiger partial charge in [0.2, 0.25) is 0 Å². The topological polar surface area (TPSA) is 62.3 Å². The van der Waals surface area contributed by atoms with Crippen molar-refractivity contribution in [3.05, 3.63) is 109 Å². The molecule has 1 aromatic heterocycles. The SMILES string of the molecule is O=C(O)Cc1c(-c2ccc(-c3ccccc3)cc2)[nH]c2ccc(Oc3ccccc3)cc12. The summed E-state index contributed by atoms with van der Waals surface area (Å²) in [4.78, 5) is 15.1. The van der Waals surface area contributed by atoms with Crippen molar-refractivity contribution in [1.82, 2.24) is 4.98 Å². The fraction of sp³-hybridized carbons (Fsp3) is 0.0357. The third-order valence-electron chi connectivity index (χ3n) is 5.47. The molecule has 0 aliphatic carbocycles. The summed E-state index contributed by atoms with van der Waals surface area (Å²) >= 11 is 0. The van der Waals surface area contributed by atoms with Crippen molar-refractivity contribution in [3.63, 3.8) is 0 Å². The second-order valence-electron chi connectivity index (χ2n) is 7.61. The number of aliphatic carboxylic acids is 1. The number of hydrogen-bond donors (Lipinski definition) is 2. The molecule has 0 bridgehead atoms. The van der Waals surface area contributed by atoms with Gasteiger partial charge in [-0.25, -0.2) is 0 Å². The second-order valence-corrected chi connectivity index (χ2v) is 7.61. The van der Waals surface area contributed by atoms with Crippen molar-refractivity contribution >= 4 is 16.9 Å². The van der Waals surface area contributed by atoms with Crippen molar-refractivity contribution in [2.45, 2.75) is 6.42 Å². The number of carbonyl (C=O) groups is 1. The van der Waals surface area contributed by atoms with E-state index in [9.17, 15) is 9.90 Å². The first-order valence-corrected chi connectivity index (χ1v) is 10.4. The smallest absolute Gasteiger partial charge is 0.307 e. The van der Waals surface area contributed by atoms with E-state index in [-0.39, 0.29) is 6.42 Å². The molecule has 4 heteroatoms. The standard InChI is InChI=1S/C28H21NO3/c30-27(31)18-25-24-17-23(32-22-9-5-2-6-10-22)15-16-26(24)29-28(25)21-13-11-20(12-14-21)19-7-3-1-4-8-19/h1-17,29H,18H2,(H,30,31). The van der Waals surface area contributed by atoms with Gasteiger partial charge in [0, 0.05) is 10.9 Å². The van der Waals surface area contributed by atoms with Crippen LogP contribution in [0.5, 0.6) is 11.5 Å². The van der Waals surface area contributed by atoms with Gasteiger partial charge in [0.1, 0.15) is 11.5 Å². The normalized spacial score (nSPS) is 10.9. The molecule has 32 heavy (non-hydrogen) atoms. The Balaban J connectivity index is 1.55. The van der Waals surface area contributed by atoms with Gasteiger partial charge in [-0.15, -0.1) is 0 Å². The largest absolute Gasteiger partial charge is 0.481 e. The van der Waals surface area contributed by atoms with Gasteiger partial charge in [-0.2, -0.15) is 0 Å². The van der Waals surface area contributed by atoms with Crippen LogP contribution < -0.4 is 4.74 Å². The van der Waals surface area contributed by atoms with Crippen molar-refractivity contribution in [2.24, 2.45) is 0 Å². The molecule has 0 amide bonds. The van der Waals surface area contributed by atoms with Crippen LogP contribution in [0.4, 0.5) is 0 Å². The molecule has 0 saturated carbocycles. The van der Waals surface area contributed by atoms with Gasteiger partial charge in [-0.3, -0.25) is 4.79 Å². The molecule has 2 N–H and O–H groups in total. The van der Waals surface area contributed by atoms with Crippen LogP contribution in [0.3, 0.4) is 0 Å². The van der Waals surface area contributed by atoms with Crippen molar-refractivity contribution in [1.29, 1.82) is 0 Å². The Bertz CT molecular complexity index is 1370. The number of fused-ring (bicyclic) bond motifs is 1. The summed E-state index contributed by atoms with van der Waals surface area (Å²) in [6, 6.07) is 33.6. The van der Waals surface area contributed by atoms with E-state index in [0.29, 0.717) is 5.75 Å². The van der Waals surface area contributed by atoms with Crippen molar-refractivity contribution < 1.29 is 14.6 Å². The minimum Gasteiger partial charge on any atom is -0.481 e. The van der Waals surface area contributed by atoms with E-state index >= 15 is 0 Å². The molecule has 0 spiro atoms. The molecule has 0 unspecified atom stereocenters. The van der Waals surface area contributed by atoms with Gasteiger partial charge in [-0.1, -0.05) is 72.8 Å². The Morgan fingerprint density at radius 3 is 2.03 bits per heavy atom. The number of benzene rings is 4. The van der Waals surface area contributed by atoms with E-state index < -0.39 is 5.97 Å². The van der Waals surface area contributed by atoms with Crippen LogP contribution in [0, 0.1) is 0 Å². The van der Waals surface area contributed by atoms with Crippen LogP contribution in [-0.4, -0.2) is 16.1 Å². The highest BCUT2D eigenvalue weighted by atomic mass is 16.5. The Morgan fingerprint density at radius 2 is 1.34 bits per heavy atom. The van der Waals surface area contributed by atoms with Gasteiger partial charge in [0.05, 0.1) is 12.1 Å². The lowest BCUT2D eigenvalue weighted by Crippen LogP contribution is -2.01. The number of aromatic amines is 1. The number of ether oxygens (including phenoxy) is 1. The minimum absolute atomic E-state index is 0.0788. The molecule has 0 fully saturated rings. The van der Waals surface area contributed by atoms with Crippen LogP contribution >= 0.6 is 0 Å². The first-order valence-electron chi connectivity index (χ1n) is 10.4. The number of H-pyrrole nitrogens is 1. The Labute approximate surface area is 185 Å². The quantitative estimate of drug-likeness (QED) is 0.314. The highest BCUT2D eigenvalue weighted by molar-refractivity contribution is 5.95. The molecule has 0 atom stereocenters. The minimum atomic E-state index is -0.873. The molecule has 0 aliphatic rings. The van der Waals surface area contributed by atoms with Crippen LogP contribution in [0.15, 0.2) is 103 Å². The van der Waals surface area contributed by atoms with Gasteiger partial charge in [0.25, 0.3) is 0 Å². The lowest BCUT2D eigenvalue weighted by Gasteiger charge is -2.07. The molecule has 4 nitrogen and oxygen atoms in total. The third kappa shape index (κ3) is 3.98. The average molecular weight is 419 g/mol. The van der Waals surface area contributed by atoms with E-state index in [1.165, 1.54) is 0 Å². The highest BCUT2D eigenvalue weighted by Gasteiger charge is 2.17. The maximum absolute atomic E-state index is 11.7. The summed E-state index contributed by atoms with van der Waals surface area (Å²) in [7, 11) is 0. The molecule has 4 aromatic carbocycles. The monoisotopic (exact) mass is 419 g/mol. The van der Waals surface area contributed by atoms with Gasteiger partial charge in [0.15, 0.2) is 0 Å². The van der Waals surface area contributed by atoms with Crippen LogP contribution in [0.2, 0.25) is 0 Å². The third-order valence-corrected chi connectivity index (χ3v) is 5.47. The number of rotatable bonds is 6. The summed E-state index contributed by atoms with van der Waals surface area (Å²) in [5.41, 5.74) is 5.65. The summed E-state index contributed by atoms with van der Waals surface area (Å²) in [6.45, 7) is 0. The Morgan fingerprint density at radius 1 is 0.719 bits per heavy atom. The summed E-state index contributed by atoms with van der Waals surface area (Å²) in [6.07, 6.45) is -0.0788. The number of hydrogen-bond acceptors (Lipinski definition) is 2. The first kappa shape index (κ1) is 19.6. The first-order chi connectivity index (χ1) is 15.7. The fourth-order valence-electron chi connectivity index (χ4n) is 3.96. The summed E-state index contributed by atoms with van der Waals surface area (Å²) < 4.78 is 5.96. The Hall–Kier alpha value is -4.31. The molecule has 1 heterocycles. The zero-order chi connectivity index (χ0) is 21.9. The van der Waals surface area contributed by atoms with Gasteiger partial charge < -0.3 is 14.8 Å². The molecule has 156 valence electrons. The summed E-state index contributed by atoms with van der Waals surface area (Å²) in [5, 5.41) is 10.4. The lowest BCUT2D eigenvalue weighted by molar-refractivity contribution is -0.136.